The van der Waals surface area contributed by atoms with Gasteiger partial charge in [0.05, 0.1) is 25.0 Å². The van der Waals surface area contributed by atoms with Crippen LogP contribution in [0.5, 0.6) is 11.5 Å². The number of ketones is 1. The Labute approximate surface area is 128 Å². The number of hydrogen-bond acceptors (Lipinski definition) is 4. The molecule has 5 rings (SSSR count). The van der Waals surface area contributed by atoms with E-state index in [0.29, 0.717) is 25.1 Å². The Morgan fingerprint density at radius 2 is 2.27 bits per heavy atom. The number of likely N-dealkylation sites (tertiary alicyclic amines) is 1. The number of hydroxylamine groups is 3. The summed E-state index contributed by atoms with van der Waals surface area (Å²) < 4.78 is 5.76. The molecule has 1 spiro atoms. The third-order valence-electron chi connectivity index (χ3n) is 6.61. The first-order valence-electron chi connectivity index (χ1n) is 8.06. The van der Waals surface area contributed by atoms with Crippen LogP contribution in [0.25, 0.3) is 0 Å². The Hall–Kier alpha value is -1.59. The van der Waals surface area contributed by atoms with Crippen molar-refractivity contribution in [2.45, 2.75) is 43.2 Å². The Balaban J connectivity index is 1.83. The van der Waals surface area contributed by atoms with Crippen LogP contribution in [-0.4, -0.2) is 41.3 Å². The molecule has 0 amide bonds. The molecule has 116 valence electrons. The van der Waals surface area contributed by atoms with E-state index < -0.39 is 6.10 Å². The lowest BCUT2D eigenvalue weighted by Crippen LogP contribution is -2.70. The Bertz CT molecular complexity index is 713. The molecule has 5 nitrogen and oxygen atoms in total. The highest BCUT2D eigenvalue weighted by Gasteiger charge is 2.68. The molecule has 4 aliphatic rings. The van der Waals surface area contributed by atoms with Crippen LogP contribution in [0.4, 0.5) is 0 Å². The number of Topliss-reactive ketones (excluding diaryl/α,β-unsaturated/α-hetero) is 1. The minimum absolute atomic E-state index is 0.00376. The van der Waals surface area contributed by atoms with Crippen LogP contribution in [0.2, 0.25) is 0 Å². The number of aromatic hydroxyl groups is 1. The predicted molar refractivity (Wildman–Crippen MR) is 78.5 cm³/mol. The number of rotatable bonds is 0. The summed E-state index contributed by atoms with van der Waals surface area (Å²) in [6, 6.07) is 3.54. The highest BCUT2D eigenvalue weighted by atomic mass is 16.5. The third-order valence-corrected chi connectivity index (χ3v) is 6.61. The molecule has 5 atom stereocenters. The number of carbonyl (C=O) groups is 1. The summed E-state index contributed by atoms with van der Waals surface area (Å²) in [6.07, 6.45) is 2.15. The average molecular weight is 301 g/mol. The zero-order valence-corrected chi connectivity index (χ0v) is 12.5. The topological polar surface area (TPSA) is 69.6 Å². The SMILES string of the molecule is C[N@+]1([O-])CC[C@]23c4c5ccc(O)c4O[C@H]2C(=O)CC[C@H]3[C@H]1C5. The summed E-state index contributed by atoms with van der Waals surface area (Å²) in [4.78, 5) is 12.5. The Morgan fingerprint density at radius 1 is 1.45 bits per heavy atom. The first-order chi connectivity index (χ1) is 10.4. The van der Waals surface area contributed by atoms with Crippen LogP contribution in [0.3, 0.4) is 0 Å². The second-order valence-electron chi connectivity index (χ2n) is 7.52. The summed E-state index contributed by atoms with van der Waals surface area (Å²) in [5, 5.41) is 23.2. The third kappa shape index (κ3) is 1.23. The highest BCUT2D eigenvalue weighted by molar-refractivity contribution is 5.89. The molecule has 0 unspecified atom stereocenters. The van der Waals surface area contributed by atoms with Gasteiger partial charge in [-0.25, -0.2) is 0 Å². The normalized spacial score (nSPS) is 44.5. The van der Waals surface area contributed by atoms with Crippen molar-refractivity contribution in [2.75, 3.05) is 13.6 Å². The van der Waals surface area contributed by atoms with Gasteiger partial charge in [-0.3, -0.25) is 4.79 Å². The largest absolute Gasteiger partial charge is 0.633 e. The minimum atomic E-state index is -0.503. The van der Waals surface area contributed by atoms with E-state index >= 15 is 0 Å². The van der Waals surface area contributed by atoms with Gasteiger partial charge in [-0.1, -0.05) is 6.07 Å². The summed E-state index contributed by atoms with van der Waals surface area (Å²) >= 11 is 0. The van der Waals surface area contributed by atoms with Crippen molar-refractivity contribution in [1.29, 1.82) is 0 Å². The zero-order valence-electron chi connectivity index (χ0n) is 12.5. The lowest BCUT2D eigenvalue weighted by atomic mass is 9.51. The average Bonchev–Trinajstić information content (AvgIpc) is 2.84. The fourth-order valence-electron chi connectivity index (χ4n) is 5.68. The van der Waals surface area contributed by atoms with Crippen molar-refractivity contribution in [1.82, 2.24) is 0 Å². The van der Waals surface area contributed by atoms with Crippen LogP contribution in [0.1, 0.15) is 30.4 Å². The molecule has 1 aromatic carbocycles. The number of nitrogens with zero attached hydrogens (tertiary/aromatic N) is 1. The number of ether oxygens (including phenoxy) is 1. The molecule has 1 aromatic rings. The van der Waals surface area contributed by atoms with Crippen LogP contribution in [-0.2, 0) is 16.6 Å². The zero-order chi connectivity index (χ0) is 15.3. The van der Waals surface area contributed by atoms with Crippen molar-refractivity contribution < 1.29 is 19.3 Å². The van der Waals surface area contributed by atoms with E-state index in [1.165, 1.54) is 0 Å². The molecule has 0 aromatic heterocycles. The smallest absolute Gasteiger partial charge is 0.174 e. The molecule has 2 bridgehead atoms. The van der Waals surface area contributed by atoms with E-state index in [1.54, 1.807) is 13.1 Å². The van der Waals surface area contributed by atoms with Gasteiger partial charge in [0.15, 0.2) is 23.4 Å². The van der Waals surface area contributed by atoms with Crippen LogP contribution in [0.15, 0.2) is 12.1 Å². The molecule has 2 heterocycles. The van der Waals surface area contributed by atoms with Crippen molar-refractivity contribution in [3.63, 3.8) is 0 Å². The fraction of sp³-hybridized carbons (Fsp3) is 0.588. The molecule has 5 heteroatoms. The molecule has 22 heavy (non-hydrogen) atoms. The maximum absolute atomic E-state index is 13.0. The Morgan fingerprint density at radius 3 is 3.09 bits per heavy atom. The van der Waals surface area contributed by atoms with Gasteiger partial charge in [0.1, 0.15) is 0 Å². The molecule has 1 saturated heterocycles. The van der Waals surface area contributed by atoms with Gasteiger partial charge in [0.25, 0.3) is 0 Å². The first kappa shape index (κ1) is 12.9. The number of piperidine rings is 1. The maximum atomic E-state index is 13.0. The standard InChI is InChI=1S/C17H19NO4/c1-18(21)7-6-17-10-3-5-13(20)16(17)22-15-12(19)4-2-9(14(15)17)8-11(10)18/h2,4,10-11,16,19H,3,5-8H2,1H3/t10-,11+,16-,17-,18-/m0/s1. The molecule has 1 N–H and O–H groups in total. The van der Waals surface area contributed by atoms with E-state index in [-0.39, 0.29) is 33.6 Å². The van der Waals surface area contributed by atoms with Crippen molar-refractivity contribution in [3.05, 3.63) is 28.5 Å². The minimum Gasteiger partial charge on any atom is -0.633 e. The summed E-state index contributed by atoms with van der Waals surface area (Å²) in [6.45, 7) is 0.517. The predicted octanol–water partition coefficient (Wildman–Crippen LogP) is 1.64. The van der Waals surface area contributed by atoms with Gasteiger partial charge in [0.2, 0.25) is 0 Å². The number of carbonyl (C=O) groups excluding carboxylic acids is 1. The van der Waals surface area contributed by atoms with Gasteiger partial charge in [-0.05, 0) is 18.1 Å². The van der Waals surface area contributed by atoms with Gasteiger partial charge in [-0.2, -0.15) is 0 Å². The Kier molecular flexibility index (Phi) is 2.15. The number of phenolic OH excluding ortho intramolecular Hbond substituents is 1. The molecule has 2 aliphatic carbocycles. The first-order valence-corrected chi connectivity index (χ1v) is 8.06. The number of benzene rings is 1. The van der Waals surface area contributed by atoms with Gasteiger partial charge in [-0.15, -0.1) is 0 Å². The van der Waals surface area contributed by atoms with Gasteiger partial charge >= 0.3 is 0 Å². The maximum Gasteiger partial charge on any atom is 0.174 e. The van der Waals surface area contributed by atoms with Crippen LogP contribution < -0.4 is 4.74 Å². The van der Waals surface area contributed by atoms with Gasteiger partial charge < -0.3 is 19.7 Å². The highest BCUT2D eigenvalue weighted by Crippen LogP contribution is 2.63. The lowest BCUT2D eigenvalue weighted by Gasteiger charge is -2.62. The van der Waals surface area contributed by atoms with E-state index in [2.05, 4.69) is 0 Å². The molecule has 0 radical (unpaired) electrons. The van der Waals surface area contributed by atoms with E-state index in [1.807, 2.05) is 6.07 Å². The van der Waals surface area contributed by atoms with E-state index in [9.17, 15) is 15.1 Å². The molecule has 2 fully saturated rings. The molecule has 2 aliphatic heterocycles. The molecule has 1 saturated carbocycles. The quantitative estimate of drug-likeness (QED) is 0.584. The number of quaternary nitrogens is 1. The number of hydrogen-bond donors (Lipinski definition) is 1. The summed E-state index contributed by atoms with van der Waals surface area (Å²) in [5.74, 6) is 0.933. The fourth-order valence-corrected chi connectivity index (χ4v) is 5.68. The van der Waals surface area contributed by atoms with E-state index in [0.717, 1.165) is 24.0 Å². The monoisotopic (exact) mass is 301 g/mol. The lowest BCUT2D eigenvalue weighted by molar-refractivity contribution is -0.899. The van der Waals surface area contributed by atoms with Crippen LogP contribution >= 0.6 is 0 Å². The van der Waals surface area contributed by atoms with E-state index in [4.69, 9.17) is 4.74 Å². The second-order valence-corrected chi connectivity index (χ2v) is 7.52. The molecular formula is C17H19NO4. The summed E-state index contributed by atoms with van der Waals surface area (Å²) in [7, 11) is 1.77. The second kappa shape index (κ2) is 3.66. The number of phenols is 1. The van der Waals surface area contributed by atoms with Crippen LogP contribution in [0, 0.1) is 11.1 Å². The van der Waals surface area contributed by atoms with Crippen molar-refractivity contribution >= 4 is 5.78 Å². The molecular weight excluding hydrogens is 282 g/mol. The van der Waals surface area contributed by atoms with Crippen molar-refractivity contribution in [2.24, 2.45) is 5.92 Å². The summed E-state index contributed by atoms with van der Waals surface area (Å²) in [5.41, 5.74) is 1.75. The van der Waals surface area contributed by atoms with Gasteiger partial charge in [0, 0.05) is 30.7 Å². The van der Waals surface area contributed by atoms with Crippen molar-refractivity contribution in [3.8, 4) is 11.5 Å². The number of likely N-dealkylation sites (N-methyl/N-ethyl adjacent to an activating group) is 1.